The summed E-state index contributed by atoms with van der Waals surface area (Å²) in [4.78, 5) is 15.7. The highest BCUT2D eigenvalue weighted by atomic mass is 16.6. The minimum absolute atomic E-state index is 0.0527. The first kappa shape index (κ1) is 12.6. The molecule has 0 saturated carbocycles. The standard InChI is InChI=1S/C9H16N4O3/c1-7(2)6-16-10-3-4-13-5-8(9(14)15)11-12-13/h5,7,10H,3-4,6H2,1-2H3,(H,14,15). The molecule has 0 spiro atoms. The van der Waals surface area contributed by atoms with Crippen molar-refractivity contribution in [2.45, 2.75) is 20.4 Å². The van der Waals surface area contributed by atoms with Crippen LogP contribution in [0.1, 0.15) is 24.3 Å². The lowest BCUT2D eigenvalue weighted by Gasteiger charge is -2.07. The average molecular weight is 228 g/mol. The van der Waals surface area contributed by atoms with Crippen LogP contribution in [0.4, 0.5) is 0 Å². The number of carboxylic acid groups (broad SMARTS) is 1. The first-order valence-corrected chi connectivity index (χ1v) is 5.07. The van der Waals surface area contributed by atoms with Crippen molar-refractivity contribution in [3.8, 4) is 0 Å². The van der Waals surface area contributed by atoms with Gasteiger partial charge in [-0.1, -0.05) is 19.1 Å². The molecular formula is C9H16N4O3. The zero-order chi connectivity index (χ0) is 12.0. The molecule has 1 aromatic rings. The highest BCUT2D eigenvalue weighted by molar-refractivity contribution is 5.84. The normalized spacial score (nSPS) is 10.9. The second kappa shape index (κ2) is 6.19. The Morgan fingerprint density at radius 1 is 1.69 bits per heavy atom. The first-order valence-electron chi connectivity index (χ1n) is 5.07. The van der Waals surface area contributed by atoms with Gasteiger partial charge in [-0.25, -0.2) is 10.3 Å². The highest BCUT2D eigenvalue weighted by Crippen LogP contribution is 1.92. The summed E-state index contributed by atoms with van der Waals surface area (Å²) in [5.74, 6) is -0.604. The van der Waals surface area contributed by atoms with E-state index in [1.165, 1.54) is 10.9 Å². The van der Waals surface area contributed by atoms with Crippen molar-refractivity contribution >= 4 is 5.97 Å². The van der Waals surface area contributed by atoms with Crippen molar-refractivity contribution in [3.05, 3.63) is 11.9 Å². The molecule has 0 aliphatic carbocycles. The number of aromatic nitrogens is 3. The third-order valence-corrected chi connectivity index (χ3v) is 1.72. The minimum atomic E-state index is -1.07. The van der Waals surface area contributed by atoms with E-state index in [4.69, 9.17) is 9.94 Å². The molecule has 0 amide bonds. The van der Waals surface area contributed by atoms with E-state index in [9.17, 15) is 4.79 Å². The topological polar surface area (TPSA) is 89.3 Å². The molecule has 0 unspecified atom stereocenters. The van der Waals surface area contributed by atoms with Gasteiger partial charge in [-0.05, 0) is 5.92 Å². The second-order valence-corrected chi connectivity index (χ2v) is 3.77. The van der Waals surface area contributed by atoms with E-state index < -0.39 is 5.97 Å². The lowest BCUT2D eigenvalue weighted by molar-refractivity contribution is 0.0218. The van der Waals surface area contributed by atoms with E-state index in [1.807, 2.05) is 0 Å². The summed E-state index contributed by atoms with van der Waals surface area (Å²) in [5.41, 5.74) is 2.71. The zero-order valence-corrected chi connectivity index (χ0v) is 9.38. The number of nitrogens with zero attached hydrogens (tertiary/aromatic N) is 3. The fraction of sp³-hybridized carbons (Fsp3) is 0.667. The summed E-state index contributed by atoms with van der Waals surface area (Å²) >= 11 is 0. The number of hydrogen-bond acceptors (Lipinski definition) is 5. The van der Waals surface area contributed by atoms with Crippen molar-refractivity contribution in [1.82, 2.24) is 20.5 Å². The van der Waals surface area contributed by atoms with Gasteiger partial charge in [-0.15, -0.1) is 5.10 Å². The van der Waals surface area contributed by atoms with Crippen LogP contribution in [0.2, 0.25) is 0 Å². The molecule has 1 heterocycles. The molecule has 1 rings (SSSR count). The van der Waals surface area contributed by atoms with Crippen LogP contribution in [0.5, 0.6) is 0 Å². The molecular weight excluding hydrogens is 212 g/mol. The molecule has 7 nitrogen and oxygen atoms in total. The quantitative estimate of drug-likeness (QED) is 0.510. The van der Waals surface area contributed by atoms with Gasteiger partial charge in [0.2, 0.25) is 0 Å². The van der Waals surface area contributed by atoms with Crippen LogP contribution in [0.25, 0.3) is 0 Å². The molecule has 0 bridgehead atoms. The summed E-state index contributed by atoms with van der Waals surface area (Å²) in [6, 6.07) is 0. The summed E-state index contributed by atoms with van der Waals surface area (Å²) in [5, 5.41) is 15.8. The monoisotopic (exact) mass is 228 g/mol. The second-order valence-electron chi connectivity index (χ2n) is 3.77. The number of hydroxylamine groups is 1. The Labute approximate surface area is 93.4 Å². The van der Waals surface area contributed by atoms with Gasteiger partial charge in [0.15, 0.2) is 5.69 Å². The zero-order valence-electron chi connectivity index (χ0n) is 9.38. The summed E-state index contributed by atoms with van der Waals surface area (Å²) in [6.07, 6.45) is 1.38. The maximum absolute atomic E-state index is 10.5. The molecule has 0 aromatic carbocycles. The third-order valence-electron chi connectivity index (χ3n) is 1.72. The Bertz CT molecular complexity index is 337. The number of nitrogens with one attached hydrogen (secondary N) is 1. The van der Waals surface area contributed by atoms with Crippen molar-refractivity contribution in [2.24, 2.45) is 5.92 Å². The third kappa shape index (κ3) is 4.37. The van der Waals surface area contributed by atoms with E-state index in [1.54, 1.807) is 0 Å². The number of hydrogen-bond donors (Lipinski definition) is 2. The Kier molecular flexibility index (Phi) is 4.87. The van der Waals surface area contributed by atoms with Crippen molar-refractivity contribution in [1.29, 1.82) is 0 Å². The van der Waals surface area contributed by atoms with Gasteiger partial charge in [-0.2, -0.15) is 0 Å². The molecule has 0 atom stereocenters. The fourth-order valence-corrected chi connectivity index (χ4v) is 0.964. The van der Waals surface area contributed by atoms with Gasteiger partial charge in [0.05, 0.1) is 19.3 Å². The molecule has 1 aromatic heterocycles. The molecule has 0 saturated heterocycles. The number of rotatable bonds is 7. The van der Waals surface area contributed by atoms with Crippen LogP contribution in [0, 0.1) is 5.92 Å². The van der Waals surface area contributed by atoms with Crippen LogP contribution in [-0.2, 0) is 11.4 Å². The van der Waals surface area contributed by atoms with Crippen LogP contribution >= 0.6 is 0 Å². The lowest BCUT2D eigenvalue weighted by atomic mass is 10.2. The fourth-order valence-electron chi connectivity index (χ4n) is 0.964. The van der Waals surface area contributed by atoms with Gasteiger partial charge in [-0.3, -0.25) is 4.68 Å². The van der Waals surface area contributed by atoms with Crippen LogP contribution < -0.4 is 5.48 Å². The number of carboxylic acids is 1. The van der Waals surface area contributed by atoms with Crippen LogP contribution in [0.15, 0.2) is 6.20 Å². The number of carbonyl (C=O) groups is 1. The molecule has 0 aliphatic rings. The summed E-state index contributed by atoms with van der Waals surface area (Å²) in [7, 11) is 0. The Hall–Kier alpha value is -1.47. The lowest BCUT2D eigenvalue weighted by Crippen LogP contribution is -2.22. The molecule has 0 fully saturated rings. The highest BCUT2D eigenvalue weighted by Gasteiger charge is 2.07. The summed E-state index contributed by atoms with van der Waals surface area (Å²) in [6.45, 7) is 5.81. The van der Waals surface area contributed by atoms with Gasteiger partial charge < -0.3 is 9.94 Å². The van der Waals surface area contributed by atoms with Crippen molar-refractivity contribution in [2.75, 3.05) is 13.2 Å². The average Bonchev–Trinajstić information content (AvgIpc) is 2.65. The van der Waals surface area contributed by atoms with Crippen molar-refractivity contribution in [3.63, 3.8) is 0 Å². The van der Waals surface area contributed by atoms with E-state index in [2.05, 4.69) is 29.6 Å². The van der Waals surface area contributed by atoms with Crippen LogP contribution in [-0.4, -0.2) is 39.2 Å². The first-order chi connectivity index (χ1) is 7.59. The molecule has 2 N–H and O–H groups in total. The Morgan fingerprint density at radius 3 is 3.00 bits per heavy atom. The smallest absolute Gasteiger partial charge is 0.358 e. The molecule has 16 heavy (non-hydrogen) atoms. The van der Waals surface area contributed by atoms with Gasteiger partial charge in [0, 0.05) is 6.54 Å². The van der Waals surface area contributed by atoms with E-state index in [-0.39, 0.29) is 5.69 Å². The minimum Gasteiger partial charge on any atom is -0.476 e. The van der Waals surface area contributed by atoms with E-state index in [0.29, 0.717) is 25.6 Å². The summed E-state index contributed by atoms with van der Waals surface area (Å²) < 4.78 is 1.45. The molecule has 0 aliphatic heterocycles. The predicted octanol–water partition coefficient (Wildman–Crippen LogP) is 0.153. The molecule has 0 radical (unpaired) electrons. The molecule has 90 valence electrons. The maximum atomic E-state index is 10.5. The predicted molar refractivity (Wildman–Crippen MR) is 55.8 cm³/mol. The maximum Gasteiger partial charge on any atom is 0.358 e. The largest absolute Gasteiger partial charge is 0.476 e. The number of aromatic carboxylic acids is 1. The Balaban J connectivity index is 2.19. The van der Waals surface area contributed by atoms with Gasteiger partial charge in [0.1, 0.15) is 0 Å². The van der Waals surface area contributed by atoms with E-state index >= 15 is 0 Å². The van der Waals surface area contributed by atoms with Gasteiger partial charge >= 0.3 is 5.97 Å². The van der Waals surface area contributed by atoms with Crippen molar-refractivity contribution < 1.29 is 14.7 Å². The van der Waals surface area contributed by atoms with Crippen LogP contribution in [0.3, 0.4) is 0 Å². The SMILES string of the molecule is CC(C)CONCCn1cc(C(=O)O)nn1. The molecule has 7 heteroatoms. The van der Waals surface area contributed by atoms with E-state index in [0.717, 1.165) is 0 Å². The Morgan fingerprint density at radius 2 is 2.44 bits per heavy atom. The van der Waals surface area contributed by atoms with Gasteiger partial charge in [0.25, 0.3) is 0 Å².